The van der Waals surface area contributed by atoms with Gasteiger partial charge in [0, 0.05) is 36.5 Å². The standard InChI is InChI=1S/C23H19F3N6O/c1-30-22(12-9-15(24)20(26)16(25)10-12)14-11-13-3-2-4-18(21(14)29-30)32(13)23(33)17-6-8-31-19(28-17)5-7-27-31/h5-10,13,18H,2-4,11H2,1H3/t13-,18+/m0/s1. The minimum Gasteiger partial charge on any atom is -0.325 e. The molecule has 1 aromatic carbocycles. The van der Waals surface area contributed by atoms with Crippen LogP contribution in [0.2, 0.25) is 0 Å². The van der Waals surface area contributed by atoms with E-state index in [0.717, 1.165) is 37.0 Å². The summed E-state index contributed by atoms with van der Waals surface area (Å²) in [5, 5.41) is 8.76. The molecule has 168 valence electrons. The van der Waals surface area contributed by atoms with E-state index in [1.54, 1.807) is 40.8 Å². The Morgan fingerprint density at radius 2 is 1.91 bits per heavy atom. The lowest BCUT2D eigenvalue weighted by molar-refractivity contribution is 0.0386. The van der Waals surface area contributed by atoms with Crippen molar-refractivity contribution in [3.8, 4) is 11.3 Å². The molecule has 0 radical (unpaired) electrons. The highest BCUT2D eigenvalue weighted by molar-refractivity contribution is 5.93. The van der Waals surface area contributed by atoms with Crippen molar-refractivity contribution in [2.75, 3.05) is 0 Å². The number of halogens is 3. The molecule has 0 N–H and O–H groups in total. The fraction of sp³-hybridized carbons (Fsp3) is 0.304. The molecular formula is C23H19F3N6O. The molecule has 1 fully saturated rings. The van der Waals surface area contributed by atoms with Crippen LogP contribution in [-0.4, -0.2) is 41.2 Å². The molecule has 4 aromatic rings. The van der Waals surface area contributed by atoms with Crippen LogP contribution in [0.5, 0.6) is 0 Å². The van der Waals surface area contributed by atoms with Gasteiger partial charge >= 0.3 is 0 Å². The van der Waals surface area contributed by atoms with E-state index in [1.807, 2.05) is 4.90 Å². The lowest BCUT2D eigenvalue weighted by Crippen LogP contribution is -2.50. The van der Waals surface area contributed by atoms with Gasteiger partial charge in [-0.3, -0.25) is 9.48 Å². The summed E-state index contributed by atoms with van der Waals surface area (Å²) >= 11 is 0. The van der Waals surface area contributed by atoms with Crippen LogP contribution in [0, 0.1) is 17.5 Å². The molecule has 0 spiro atoms. The van der Waals surface area contributed by atoms with Crippen LogP contribution in [0.15, 0.2) is 36.7 Å². The Hall–Kier alpha value is -3.69. The van der Waals surface area contributed by atoms with Gasteiger partial charge in [-0.2, -0.15) is 10.2 Å². The van der Waals surface area contributed by atoms with Crippen LogP contribution < -0.4 is 0 Å². The van der Waals surface area contributed by atoms with Crippen LogP contribution in [0.25, 0.3) is 16.9 Å². The molecule has 0 unspecified atom stereocenters. The van der Waals surface area contributed by atoms with Gasteiger partial charge in [0.25, 0.3) is 5.91 Å². The largest absolute Gasteiger partial charge is 0.325 e. The van der Waals surface area contributed by atoms with E-state index in [9.17, 15) is 18.0 Å². The fourth-order valence-electron chi connectivity index (χ4n) is 5.27. The van der Waals surface area contributed by atoms with E-state index in [4.69, 9.17) is 0 Å². The summed E-state index contributed by atoms with van der Waals surface area (Å²) in [6.45, 7) is 0. The molecule has 10 heteroatoms. The molecule has 2 bridgehead atoms. The number of aromatic nitrogens is 5. The number of fused-ring (bicyclic) bond motifs is 5. The van der Waals surface area contributed by atoms with Gasteiger partial charge in [0.2, 0.25) is 0 Å². The Morgan fingerprint density at radius 1 is 1.12 bits per heavy atom. The third-order valence-electron chi connectivity index (χ3n) is 6.64. The van der Waals surface area contributed by atoms with E-state index < -0.39 is 17.5 Å². The number of aryl methyl sites for hydroxylation is 1. The molecule has 1 saturated heterocycles. The van der Waals surface area contributed by atoms with Crippen molar-refractivity contribution in [1.29, 1.82) is 0 Å². The molecule has 2 atom stereocenters. The Kier molecular flexibility index (Phi) is 4.33. The molecule has 7 nitrogen and oxygen atoms in total. The molecule has 33 heavy (non-hydrogen) atoms. The quantitative estimate of drug-likeness (QED) is 0.434. The maximum atomic E-state index is 14.0. The summed E-state index contributed by atoms with van der Waals surface area (Å²) in [4.78, 5) is 19.8. The number of carbonyl (C=O) groups excluding carboxylic acids is 1. The normalized spacial score (nSPS) is 19.7. The van der Waals surface area contributed by atoms with Crippen molar-refractivity contribution in [2.45, 2.75) is 37.8 Å². The van der Waals surface area contributed by atoms with E-state index in [2.05, 4.69) is 15.2 Å². The van der Waals surface area contributed by atoms with Gasteiger partial charge in [0.05, 0.1) is 23.6 Å². The van der Waals surface area contributed by atoms with Crippen LogP contribution in [-0.2, 0) is 13.5 Å². The number of benzene rings is 1. The van der Waals surface area contributed by atoms with Crippen molar-refractivity contribution in [2.24, 2.45) is 7.05 Å². The van der Waals surface area contributed by atoms with Crippen molar-refractivity contribution in [3.63, 3.8) is 0 Å². The Labute approximate surface area is 186 Å². The van der Waals surface area contributed by atoms with Crippen LogP contribution >= 0.6 is 0 Å². The zero-order valence-electron chi connectivity index (χ0n) is 17.7. The number of hydrogen-bond donors (Lipinski definition) is 0. The number of nitrogens with zero attached hydrogens (tertiary/aromatic N) is 6. The summed E-state index contributed by atoms with van der Waals surface area (Å²) in [5.74, 6) is -4.15. The summed E-state index contributed by atoms with van der Waals surface area (Å²) in [6, 6.07) is 5.02. The van der Waals surface area contributed by atoms with E-state index >= 15 is 0 Å². The van der Waals surface area contributed by atoms with Gasteiger partial charge < -0.3 is 4.90 Å². The lowest BCUT2D eigenvalue weighted by Gasteiger charge is -2.45. The molecule has 5 heterocycles. The monoisotopic (exact) mass is 452 g/mol. The van der Waals surface area contributed by atoms with Crippen molar-refractivity contribution in [3.05, 3.63) is 71.1 Å². The van der Waals surface area contributed by atoms with Crippen LogP contribution in [0.1, 0.15) is 47.1 Å². The highest BCUT2D eigenvalue weighted by Crippen LogP contribution is 2.45. The smallest absolute Gasteiger partial charge is 0.273 e. The van der Waals surface area contributed by atoms with Crippen molar-refractivity contribution >= 4 is 11.6 Å². The summed E-state index contributed by atoms with van der Waals surface area (Å²) in [6.07, 6.45) is 6.30. The SMILES string of the molecule is Cn1nc2c(c1-c1cc(F)c(F)c(F)c1)C[C@@H]1CCC[C@H]2N1C(=O)c1ccn2nccc2n1. The number of rotatable bonds is 2. The highest BCUT2D eigenvalue weighted by atomic mass is 19.2. The van der Waals surface area contributed by atoms with Crippen LogP contribution in [0.4, 0.5) is 13.2 Å². The zero-order chi connectivity index (χ0) is 22.9. The minimum absolute atomic E-state index is 0.0928. The first-order chi connectivity index (χ1) is 15.9. The van der Waals surface area contributed by atoms with Crippen molar-refractivity contribution in [1.82, 2.24) is 29.3 Å². The second kappa shape index (κ2) is 7.16. The Balaban J connectivity index is 1.43. The molecule has 6 rings (SSSR count). The third-order valence-corrected chi connectivity index (χ3v) is 6.64. The second-order valence-corrected chi connectivity index (χ2v) is 8.55. The number of piperidine rings is 1. The molecular weight excluding hydrogens is 433 g/mol. The average Bonchev–Trinajstić information content (AvgIpc) is 3.39. The number of amides is 1. The fourth-order valence-corrected chi connectivity index (χ4v) is 5.27. The topological polar surface area (TPSA) is 68.3 Å². The van der Waals surface area contributed by atoms with E-state index in [1.165, 1.54) is 0 Å². The summed E-state index contributed by atoms with van der Waals surface area (Å²) in [5.41, 5.74) is 3.26. The zero-order valence-corrected chi connectivity index (χ0v) is 17.7. The maximum Gasteiger partial charge on any atom is 0.273 e. The minimum atomic E-state index is -1.49. The summed E-state index contributed by atoms with van der Waals surface area (Å²) < 4.78 is 44.6. The van der Waals surface area contributed by atoms with Gasteiger partial charge in [0.15, 0.2) is 23.1 Å². The molecule has 2 aliphatic rings. The van der Waals surface area contributed by atoms with Gasteiger partial charge in [-0.25, -0.2) is 22.7 Å². The number of hydrogen-bond acceptors (Lipinski definition) is 4. The Morgan fingerprint density at radius 3 is 2.70 bits per heavy atom. The number of carbonyl (C=O) groups is 1. The maximum absolute atomic E-state index is 14.0. The predicted molar refractivity (Wildman–Crippen MR) is 112 cm³/mol. The van der Waals surface area contributed by atoms with Gasteiger partial charge in [-0.1, -0.05) is 0 Å². The first-order valence-corrected chi connectivity index (χ1v) is 10.8. The lowest BCUT2D eigenvalue weighted by atomic mass is 9.81. The molecule has 2 aliphatic heterocycles. The predicted octanol–water partition coefficient (Wildman–Crippen LogP) is 3.84. The van der Waals surface area contributed by atoms with E-state index in [-0.39, 0.29) is 23.6 Å². The van der Waals surface area contributed by atoms with E-state index in [0.29, 0.717) is 29.1 Å². The average molecular weight is 452 g/mol. The third kappa shape index (κ3) is 2.96. The molecule has 1 amide bonds. The first-order valence-electron chi connectivity index (χ1n) is 10.8. The Bertz CT molecular complexity index is 1400. The second-order valence-electron chi connectivity index (χ2n) is 8.55. The first kappa shape index (κ1) is 20.0. The molecule has 0 saturated carbocycles. The van der Waals surface area contributed by atoms with Gasteiger partial charge in [0.1, 0.15) is 5.69 Å². The summed E-state index contributed by atoms with van der Waals surface area (Å²) in [7, 11) is 1.69. The van der Waals surface area contributed by atoms with Crippen LogP contribution in [0.3, 0.4) is 0 Å². The van der Waals surface area contributed by atoms with Gasteiger partial charge in [-0.15, -0.1) is 0 Å². The highest BCUT2D eigenvalue weighted by Gasteiger charge is 2.44. The van der Waals surface area contributed by atoms with Gasteiger partial charge in [-0.05, 0) is 43.9 Å². The molecule has 0 aliphatic carbocycles. The van der Waals surface area contributed by atoms with Crippen molar-refractivity contribution < 1.29 is 18.0 Å². The molecule has 3 aromatic heterocycles.